The summed E-state index contributed by atoms with van der Waals surface area (Å²) >= 11 is 1.60. The number of carbonyl (C=O) groups is 1. The van der Waals surface area contributed by atoms with Gasteiger partial charge in [0.05, 0.1) is 23.4 Å². The van der Waals surface area contributed by atoms with Gasteiger partial charge in [0, 0.05) is 23.4 Å². The van der Waals surface area contributed by atoms with Crippen molar-refractivity contribution in [3.8, 4) is 17.0 Å². The highest BCUT2D eigenvalue weighted by atomic mass is 32.1. The molecule has 0 bridgehead atoms. The molecule has 0 saturated heterocycles. The fourth-order valence-electron chi connectivity index (χ4n) is 2.42. The normalized spacial score (nSPS) is 10.6. The van der Waals surface area contributed by atoms with Gasteiger partial charge < -0.3 is 4.74 Å². The van der Waals surface area contributed by atoms with Crippen molar-refractivity contribution in [1.82, 2.24) is 4.98 Å². The van der Waals surface area contributed by atoms with Crippen molar-refractivity contribution < 1.29 is 13.9 Å². The number of aryl methyl sites for hydroxylation is 1. The van der Waals surface area contributed by atoms with Gasteiger partial charge in [0.15, 0.2) is 5.78 Å². The van der Waals surface area contributed by atoms with Crippen LogP contribution in [-0.2, 0) is 6.42 Å². The number of hydrogen-bond acceptors (Lipinski definition) is 4. The average molecular weight is 341 g/mol. The molecule has 0 saturated carbocycles. The molecule has 0 N–H and O–H groups in total. The van der Waals surface area contributed by atoms with E-state index in [4.69, 9.17) is 4.74 Å². The lowest BCUT2D eigenvalue weighted by Gasteiger charge is -2.06. The van der Waals surface area contributed by atoms with E-state index in [2.05, 4.69) is 4.98 Å². The SMILES string of the molecule is COc1ccc(C(=O)Cc2ccc(-c3csc(C)n3)cc2)c(F)c1. The second-order valence-electron chi connectivity index (χ2n) is 5.39. The molecule has 0 atom stereocenters. The minimum absolute atomic E-state index is 0.0787. The molecule has 0 fully saturated rings. The Morgan fingerprint density at radius 3 is 2.54 bits per heavy atom. The van der Waals surface area contributed by atoms with Crippen molar-refractivity contribution >= 4 is 17.1 Å². The van der Waals surface area contributed by atoms with E-state index in [0.717, 1.165) is 21.8 Å². The summed E-state index contributed by atoms with van der Waals surface area (Å²) in [6, 6.07) is 11.9. The maximum absolute atomic E-state index is 14.0. The van der Waals surface area contributed by atoms with Crippen LogP contribution in [0.25, 0.3) is 11.3 Å². The largest absolute Gasteiger partial charge is 0.497 e. The Labute approximate surface area is 143 Å². The summed E-state index contributed by atoms with van der Waals surface area (Å²) in [6.45, 7) is 1.96. The Kier molecular flexibility index (Phi) is 4.71. The molecule has 0 aliphatic carbocycles. The monoisotopic (exact) mass is 341 g/mol. The molecule has 3 rings (SSSR count). The topological polar surface area (TPSA) is 39.2 Å². The van der Waals surface area contributed by atoms with Crippen LogP contribution in [0.5, 0.6) is 5.75 Å². The summed E-state index contributed by atoms with van der Waals surface area (Å²) in [5.74, 6) is -0.423. The van der Waals surface area contributed by atoms with E-state index < -0.39 is 5.82 Å². The van der Waals surface area contributed by atoms with Gasteiger partial charge in [0.2, 0.25) is 0 Å². The number of Topliss-reactive ketones (excluding diaryl/α,β-unsaturated/α-hetero) is 1. The number of halogens is 1. The first-order chi connectivity index (χ1) is 11.6. The molecule has 0 aliphatic rings. The fourth-order valence-corrected chi connectivity index (χ4v) is 3.04. The highest BCUT2D eigenvalue weighted by Gasteiger charge is 2.13. The summed E-state index contributed by atoms with van der Waals surface area (Å²) in [5.41, 5.74) is 2.85. The summed E-state index contributed by atoms with van der Waals surface area (Å²) in [6.07, 6.45) is 0.152. The van der Waals surface area contributed by atoms with Crippen molar-refractivity contribution in [2.75, 3.05) is 7.11 Å². The van der Waals surface area contributed by atoms with E-state index in [1.54, 1.807) is 17.4 Å². The summed E-state index contributed by atoms with van der Waals surface area (Å²) in [7, 11) is 1.46. The molecular formula is C19H16FNO2S. The molecule has 0 radical (unpaired) electrons. The standard InChI is InChI=1S/C19H16FNO2S/c1-12-21-18(11-24-12)14-5-3-13(4-6-14)9-19(22)16-8-7-15(23-2)10-17(16)20/h3-8,10-11H,9H2,1-2H3. The lowest BCUT2D eigenvalue weighted by Crippen LogP contribution is -2.06. The summed E-state index contributed by atoms with van der Waals surface area (Å²) < 4.78 is 18.9. The van der Waals surface area contributed by atoms with Crippen LogP contribution >= 0.6 is 11.3 Å². The lowest BCUT2D eigenvalue weighted by atomic mass is 10.0. The molecule has 122 valence electrons. The predicted octanol–water partition coefficient (Wildman–Crippen LogP) is 4.69. The van der Waals surface area contributed by atoms with Gasteiger partial charge in [0.1, 0.15) is 11.6 Å². The van der Waals surface area contributed by atoms with Gasteiger partial charge in [-0.25, -0.2) is 9.37 Å². The van der Waals surface area contributed by atoms with Crippen molar-refractivity contribution in [2.24, 2.45) is 0 Å². The Balaban J connectivity index is 1.75. The zero-order valence-electron chi connectivity index (χ0n) is 13.4. The summed E-state index contributed by atoms with van der Waals surface area (Å²) in [4.78, 5) is 16.7. The van der Waals surface area contributed by atoms with Crippen molar-refractivity contribution in [3.63, 3.8) is 0 Å². The fraction of sp³-hybridized carbons (Fsp3) is 0.158. The Hall–Kier alpha value is -2.53. The number of carbonyl (C=O) groups excluding carboxylic acids is 1. The molecule has 2 aromatic carbocycles. The molecule has 3 aromatic rings. The van der Waals surface area contributed by atoms with Crippen LogP contribution in [0.2, 0.25) is 0 Å². The molecule has 1 heterocycles. The van der Waals surface area contributed by atoms with Crippen LogP contribution in [0.1, 0.15) is 20.9 Å². The van der Waals surface area contributed by atoms with Gasteiger partial charge in [-0.2, -0.15) is 0 Å². The average Bonchev–Trinajstić information content (AvgIpc) is 3.01. The van der Waals surface area contributed by atoms with Gasteiger partial charge >= 0.3 is 0 Å². The number of thiazole rings is 1. The van der Waals surface area contributed by atoms with E-state index in [1.807, 2.05) is 36.6 Å². The molecular weight excluding hydrogens is 325 g/mol. The van der Waals surface area contributed by atoms with E-state index in [1.165, 1.54) is 19.2 Å². The Morgan fingerprint density at radius 1 is 1.21 bits per heavy atom. The number of rotatable bonds is 5. The molecule has 24 heavy (non-hydrogen) atoms. The maximum Gasteiger partial charge on any atom is 0.170 e. The lowest BCUT2D eigenvalue weighted by molar-refractivity contribution is 0.0989. The van der Waals surface area contributed by atoms with Crippen molar-refractivity contribution in [2.45, 2.75) is 13.3 Å². The molecule has 5 heteroatoms. The number of aromatic nitrogens is 1. The van der Waals surface area contributed by atoms with Crippen LogP contribution in [0.15, 0.2) is 47.8 Å². The number of nitrogens with zero attached hydrogens (tertiary/aromatic N) is 1. The first-order valence-electron chi connectivity index (χ1n) is 7.45. The maximum atomic E-state index is 14.0. The number of benzene rings is 2. The van der Waals surface area contributed by atoms with Crippen molar-refractivity contribution in [3.05, 3.63) is 69.8 Å². The van der Waals surface area contributed by atoms with Crippen LogP contribution < -0.4 is 4.74 Å². The molecule has 0 spiro atoms. The molecule has 0 amide bonds. The highest BCUT2D eigenvalue weighted by Crippen LogP contribution is 2.23. The second kappa shape index (κ2) is 6.93. The Morgan fingerprint density at radius 2 is 1.96 bits per heavy atom. The van der Waals surface area contributed by atoms with Gasteiger partial charge in [-0.1, -0.05) is 24.3 Å². The number of hydrogen-bond donors (Lipinski definition) is 0. The number of methoxy groups -OCH3 is 1. The zero-order valence-corrected chi connectivity index (χ0v) is 14.2. The van der Waals surface area contributed by atoms with Crippen LogP contribution in [0, 0.1) is 12.7 Å². The van der Waals surface area contributed by atoms with E-state index in [0.29, 0.717) is 5.75 Å². The quantitative estimate of drug-likeness (QED) is 0.632. The third kappa shape index (κ3) is 3.51. The van der Waals surface area contributed by atoms with Crippen LogP contribution in [-0.4, -0.2) is 17.9 Å². The van der Waals surface area contributed by atoms with Gasteiger partial charge in [-0.15, -0.1) is 11.3 Å². The minimum atomic E-state index is -0.561. The van der Waals surface area contributed by atoms with Crippen LogP contribution in [0.3, 0.4) is 0 Å². The number of ketones is 1. The first kappa shape index (κ1) is 16.3. The summed E-state index contributed by atoms with van der Waals surface area (Å²) in [5, 5.41) is 3.02. The van der Waals surface area contributed by atoms with E-state index in [9.17, 15) is 9.18 Å². The van der Waals surface area contributed by atoms with E-state index in [-0.39, 0.29) is 17.8 Å². The minimum Gasteiger partial charge on any atom is -0.497 e. The van der Waals surface area contributed by atoms with Crippen LogP contribution in [0.4, 0.5) is 4.39 Å². The third-order valence-electron chi connectivity index (χ3n) is 3.71. The predicted molar refractivity (Wildman–Crippen MR) is 93.3 cm³/mol. The van der Waals surface area contributed by atoms with Gasteiger partial charge in [-0.05, 0) is 24.6 Å². The molecule has 0 unspecified atom stereocenters. The Bertz CT molecular complexity index is 871. The molecule has 0 aliphatic heterocycles. The highest BCUT2D eigenvalue weighted by molar-refractivity contribution is 7.09. The van der Waals surface area contributed by atoms with Gasteiger partial charge in [0.25, 0.3) is 0 Å². The second-order valence-corrected chi connectivity index (χ2v) is 6.46. The first-order valence-corrected chi connectivity index (χ1v) is 8.33. The van der Waals surface area contributed by atoms with E-state index >= 15 is 0 Å². The van der Waals surface area contributed by atoms with Crippen molar-refractivity contribution in [1.29, 1.82) is 0 Å². The molecule has 3 nitrogen and oxygen atoms in total. The number of ether oxygens (including phenoxy) is 1. The van der Waals surface area contributed by atoms with Gasteiger partial charge in [-0.3, -0.25) is 4.79 Å². The third-order valence-corrected chi connectivity index (χ3v) is 4.48. The smallest absolute Gasteiger partial charge is 0.170 e. The molecule has 1 aromatic heterocycles. The zero-order chi connectivity index (χ0) is 17.1.